The maximum absolute atomic E-state index is 11.5. The molecule has 1 atom stereocenters. The minimum absolute atomic E-state index is 0.0540. The van der Waals surface area contributed by atoms with Crippen LogP contribution in [0.5, 0.6) is 0 Å². The van der Waals surface area contributed by atoms with Gasteiger partial charge < -0.3 is 16.0 Å². The van der Waals surface area contributed by atoms with Crippen molar-refractivity contribution in [2.45, 2.75) is 32.9 Å². The number of nitrogens with zero attached hydrogens (tertiary/aromatic N) is 1. The van der Waals surface area contributed by atoms with Crippen molar-refractivity contribution in [3.05, 3.63) is 29.6 Å². The van der Waals surface area contributed by atoms with Crippen LogP contribution >= 0.6 is 0 Å². The minimum atomic E-state index is -0.122. The number of aromatic nitrogens is 2. The van der Waals surface area contributed by atoms with Crippen LogP contribution in [0.1, 0.15) is 24.7 Å². The van der Waals surface area contributed by atoms with Crippen molar-refractivity contribution in [2.24, 2.45) is 5.73 Å². The lowest BCUT2D eigenvalue weighted by atomic mass is 10.2. The monoisotopic (exact) mass is 246 g/mol. The van der Waals surface area contributed by atoms with E-state index in [1.807, 2.05) is 32.0 Å². The van der Waals surface area contributed by atoms with Gasteiger partial charge in [0.2, 0.25) is 5.91 Å². The Balaban J connectivity index is 2.02. The molecule has 96 valence electrons. The van der Waals surface area contributed by atoms with Crippen LogP contribution in [0.25, 0.3) is 11.0 Å². The van der Waals surface area contributed by atoms with E-state index in [-0.39, 0.29) is 11.9 Å². The van der Waals surface area contributed by atoms with Crippen molar-refractivity contribution >= 4 is 16.9 Å². The highest BCUT2D eigenvalue weighted by atomic mass is 16.1. The summed E-state index contributed by atoms with van der Waals surface area (Å²) < 4.78 is 0. The number of fused-ring (bicyclic) bond motifs is 1. The zero-order valence-corrected chi connectivity index (χ0v) is 10.7. The second-order valence-corrected chi connectivity index (χ2v) is 4.66. The van der Waals surface area contributed by atoms with Crippen LogP contribution in [-0.4, -0.2) is 21.9 Å². The van der Waals surface area contributed by atoms with Crippen molar-refractivity contribution in [2.75, 3.05) is 0 Å². The molecule has 1 heterocycles. The molecule has 1 amide bonds. The Kier molecular flexibility index (Phi) is 3.62. The Morgan fingerprint density at radius 1 is 1.56 bits per heavy atom. The predicted molar refractivity (Wildman–Crippen MR) is 70.9 cm³/mol. The van der Waals surface area contributed by atoms with Crippen LogP contribution in [0.4, 0.5) is 0 Å². The summed E-state index contributed by atoms with van der Waals surface area (Å²) >= 11 is 0. The van der Waals surface area contributed by atoms with Crippen LogP contribution in [0, 0.1) is 6.92 Å². The third-order valence-corrected chi connectivity index (χ3v) is 2.65. The predicted octanol–water partition coefficient (Wildman–Crippen LogP) is 1.22. The standard InChI is InChI=1S/C13H18N4O/c1-8-3-4-10-11(5-8)17-12(16-10)7-15-13(18)6-9(2)14/h3-5,9H,6-7,14H2,1-2H3,(H,15,18)(H,16,17). The van der Waals surface area contributed by atoms with E-state index < -0.39 is 0 Å². The fourth-order valence-corrected chi connectivity index (χ4v) is 1.81. The molecule has 0 bridgehead atoms. The molecule has 0 aliphatic heterocycles. The van der Waals surface area contributed by atoms with E-state index in [9.17, 15) is 4.79 Å². The Morgan fingerprint density at radius 2 is 2.33 bits per heavy atom. The molecule has 1 unspecified atom stereocenters. The smallest absolute Gasteiger partial charge is 0.221 e. The SMILES string of the molecule is Cc1ccc2nc(CNC(=O)CC(C)N)[nH]c2c1. The van der Waals surface area contributed by atoms with E-state index in [1.54, 1.807) is 0 Å². The second kappa shape index (κ2) is 5.18. The topological polar surface area (TPSA) is 83.8 Å². The number of carbonyl (C=O) groups is 1. The van der Waals surface area contributed by atoms with E-state index in [0.717, 1.165) is 16.9 Å². The van der Waals surface area contributed by atoms with Crippen molar-refractivity contribution in [3.63, 3.8) is 0 Å². The van der Waals surface area contributed by atoms with Crippen LogP contribution in [0.15, 0.2) is 18.2 Å². The van der Waals surface area contributed by atoms with E-state index >= 15 is 0 Å². The lowest BCUT2D eigenvalue weighted by Gasteiger charge is -2.05. The highest BCUT2D eigenvalue weighted by Crippen LogP contribution is 2.12. The molecule has 5 nitrogen and oxygen atoms in total. The molecule has 0 aliphatic carbocycles. The number of hydrogen-bond acceptors (Lipinski definition) is 3. The number of benzene rings is 1. The van der Waals surface area contributed by atoms with Gasteiger partial charge in [-0.3, -0.25) is 4.79 Å². The van der Waals surface area contributed by atoms with E-state index in [4.69, 9.17) is 5.73 Å². The molecule has 0 saturated heterocycles. The highest BCUT2D eigenvalue weighted by Gasteiger charge is 2.07. The maximum atomic E-state index is 11.5. The van der Waals surface area contributed by atoms with Gasteiger partial charge in [0, 0.05) is 12.5 Å². The first-order valence-electron chi connectivity index (χ1n) is 6.02. The van der Waals surface area contributed by atoms with E-state index in [2.05, 4.69) is 15.3 Å². The summed E-state index contributed by atoms with van der Waals surface area (Å²) in [6.07, 6.45) is 0.333. The molecule has 1 aromatic heterocycles. The van der Waals surface area contributed by atoms with Crippen LogP contribution in [-0.2, 0) is 11.3 Å². The molecule has 0 spiro atoms. The summed E-state index contributed by atoms with van der Waals surface area (Å²) in [4.78, 5) is 19.1. The molecule has 0 aliphatic rings. The van der Waals surface area contributed by atoms with Crippen LogP contribution in [0.2, 0.25) is 0 Å². The number of H-pyrrole nitrogens is 1. The highest BCUT2D eigenvalue weighted by molar-refractivity contribution is 5.77. The summed E-state index contributed by atoms with van der Waals surface area (Å²) in [6, 6.07) is 5.90. The molecular formula is C13H18N4O. The fraction of sp³-hybridized carbons (Fsp3) is 0.385. The van der Waals surface area contributed by atoms with Crippen molar-refractivity contribution < 1.29 is 4.79 Å². The van der Waals surface area contributed by atoms with Crippen molar-refractivity contribution in [1.29, 1.82) is 0 Å². The number of carbonyl (C=O) groups excluding carboxylic acids is 1. The Labute approximate surface area is 106 Å². The first-order valence-corrected chi connectivity index (χ1v) is 6.02. The molecule has 5 heteroatoms. The van der Waals surface area contributed by atoms with Crippen molar-refractivity contribution in [1.82, 2.24) is 15.3 Å². The molecule has 4 N–H and O–H groups in total. The normalized spacial score (nSPS) is 12.6. The third-order valence-electron chi connectivity index (χ3n) is 2.65. The summed E-state index contributed by atoms with van der Waals surface area (Å²) in [5.74, 6) is 0.704. The lowest BCUT2D eigenvalue weighted by molar-refractivity contribution is -0.121. The maximum Gasteiger partial charge on any atom is 0.221 e. The Bertz CT molecular complexity index is 559. The average Bonchev–Trinajstić information content (AvgIpc) is 2.67. The third kappa shape index (κ3) is 3.07. The number of aryl methyl sites for hydroxylation is 1. The largest absolute Gasteiger partial charge is 0.349 e. The number of nitrogens with one attached hydrogen (secondary N) is 2. The number of imidazole rings is 1. The van der Waals surface area contributed by atoms with Crippen molar-refractivity contribution in [3.8, 4) is 0 Å². The van der Waals surface area contributed by atoms with Gasteiger partial charge >= 0.3 is 0 Å². The molecule has 1 aromatic carbocycles. The molecule has 0 fully saturated rings. The number of rotatable bonds is 4. The van der Waals surface area contributed by atoms with Gasteiger partial charge in [-0.25, -0.2) is 4.98 Å². The number of amides is 1. The van der Waals surface area contributed by atoms with Gasteiger partial charge in [0.25, 0.3) is 0 Å². The molecule has 2 rings (SSSR count). The van der Waals surface area contributed by atoms with Gasteiger partial charge in [-0.2, -0.15) is 0 Å². The number of nitrogens with two attached hydrogens (primary N) is 1. The van der Waals surface area contributed by atoms with Gasteiger partial charge in [-0.1, -0.05) is 6.07 Å². The molecule has 18 heavy (non-hydrogen) atoms. The quantitative estimate of drug-likeness (QED) is 0.758. The molecule has 0 saturated carbocycles. The molecule has 2 aromatic rings. The van der Waals surface area contributed by atoms with E-state index in [0.29, 0.717) is 13.0 Å². The fourth-order valence-electron chi connectivity index (χ4n) is 1.81. The minimum Gasteiger partial charge on any atom is -0.349 e. The summed E-state index contributed by atoms with van der Waals surface area (Å²) in [6.45, 7) is 4.24. The number of aromatic amines is 1. The Hall–Kier alpha value is -1.88. The van der Waals surface area contributed by atoms with Crippen LogP contribution in [0.3, 0.4) is 0 Å². The van der Waals surface area contributed by atoms with E-state index in [1.165, 1.54) is 5.56 Å². The van der Waals surface area contributed by atoms with Gasteiger partial charge in [-0.15, -0.1) is 0 Å². The second-order valence-electron chi connectivity index (χ2n) is 4.66. The first-order chi connectivity index (χ1) is 8.54. The Morgan fingerprint density at radius 3 is 3.06 bits per heavy atom. The van der Waals surface area contributed by atoms with Gasteiger partial charge in [-0.05, 0) is 31.5 Å². The molecular weight excluding hydrogens is 228 g/mol. The van der Waals surface area contributed by atoms with Gasteiger partial charge in [0.15, 0.2) is 0 Å². The summed E-state index contributed by atoms with van der Waals surface area (Å²) in [5.41, 5.74) is 8.64. The summed E-state index contributed by atoms with van der Waals surface area (Å²) in [5, 5.41) is 2.79. The lowest BCUT2D eigenvalue weighted by Crippen LogP contribution is -2.29. The van der Waals surface area contributed by atoms with Gasteiger partial charge in [0.1, 0.15) is 5.82 Å². The number of hydrogen-bond donors (Lipinski definition) is 3. The molecule has 0 radical (unpaired) electrons. The zero-order chi connectivity index (χ0) is 13.1. The van der Waals surface area contributed by atoms with Crippen LogP contribution < -0.4 is 11.1 Å². The summed E-state index contributed by atoms with van der Waals surface area (Å²) in [7, 11) is 0. The van der Waals surface area contributed by atoms with Gasteiger partial charge in [0.05, 0.1) is 17.6 Å². The first kappa shape index (κ1) is 12.6. The zero-order valence-electron chi connectivity index (χ0n) is 10.7. The average molecular weight is 246 g/mol.